The summed E-state index contributed by atoms with van der Waals surface area (Å²) in [6.45, 7) is 0. The topological polar surface area (TPSA) is 78.4 Å². The molecule has 0 saturated heterocycles. The van der Waals surface area contributed by atoms with E-state index in [1.807, 2.05) is 0 Å². The molecule has 2 amide bonds. The van der Waals surface area contributed by atoms with Gasteiger partial charge in [0.1, 0.15) is 0 Å². The van der Waals surface area contributed by atoms with E-state index in [0.29, 0.717) is 37.7 Å². The third-order valence-corrected chi connectivity index (χ3v) is 4.95. The lowest BCUT2D eigenvalue weighted by molar-refractivity contribution is -0.142. The number of amides is 2. The summed E-state index contributed by atoms with van der Waals surface area (Å²) in [5.74, 6) is -5.36. The number of hydrogen-bond donors (Lipinski definition) is 3. The minimum Gasteiger partial charge on any atom is -0.481 e. The molecule has 0 aliphatic heterocycles. The number of hydrogen-bond acceptors (Lipinski definition) is 2. The fourth-order valence-corrected chi connectivity index (χ4v) is 3.39. The number of carboxylic acid groups (broad SMARTS) is 1. The van der Waals surface area contributed by atoms with Crippen LogP contribution < -0.4 is 10.6 Å². The molecule has 2 aliphatic rings. The molecule has 1 aromatic rings. The minimum atomic E-state index is -1.50. The van der Waals surface area contributed by atoms with E-state index in [1.54, 1.807) is 0 Å². The lowest BCUT2D eigenvalue weighted by Crippen LogP contribution is -2.45. The number of benzene rings is 1. The molecule has 25 heavy (non-hydrogen) atoms. The van der Waals surface area contributed by atoms with Gasteiger partial charge >= 0.3 is 12.0 Å². The predicted octanol–water partition coefficient (Wildman–Crippen LogP) is 2.90. The first-order valence-corrected chi connectivity index (χ1v) is 8.29. The summed E-state index contributed by atoms with van der Waals surface area (Å²) in [5.41, 5.74) is 0.323. The highest BCUT2D eigenvalue weighted by Crippen LogP contribution is 2.41. The lowest BCUT2D eigenvalue weighted by atomic mass is 9.86. The average molecular weight is 356 g/mol. The van der Waals surface area contributed by atoms with Crippen LogP contribution in [0.3, 0.4) is 0 Å². The number of nitrogens with one attached hydrogen (secondary N) is 2. The Morgan fingerprint density at radius 3 is 2.16 bits per heavy atom. The van der Waals surface area contributed by atoms with Gasteiger partial charge in [-0.1, -0.05) is 0 Å². The summed E-state index contributed by atoms with van der Waals surface area (Å²) < 4.78 is 39.5. The van der Waals surface area contributed by atoms with Gasteiger partial charge in [-0.2, -0.15) is 0 Å². The van der Waals surface area contributed by atoms with Crippen molar-refractivity contribution in [2.24, 2.45) is 5.92 Å². The Kier molecular flexibility index (Phi) is 4.87. The van der Waals surface area contributed by atoms with Gasteiger partial charge in [0.2, 0.25) is 0 Å². The molecule has 2 saturated carbocycles. The van der Waals surface area contributed by atoms with E-state index in [0.717, 1.165) is 12.1 Å². The molecule has 2 atom stereocenters. The molecule has 0 spiro atoms. The number of carbonyl (C=O) groups excluding carboxylic acids is 1. The summed E-state index contributed by atoms with van der Waals surface area (Å²) in [5, 5.41) is 14.5. The molecular formula is C17H19F3N2O3. The van der Waals surface area contributed by atoms with Gasteiger partial charge in [0.05, 0.1) is 5.92 Å². The zero-order valence-corrected chi connectivity index (χ0v) is 13.4. The Morgan fingerprint density at radius 1 is 1.00 bits per heavy atom. The number of aliphatic carboxylic acids is 1. The van der Waals surface area contributed by atoms with Crippen LogP contribution in [0.15, 0.2) is 12.1 Å². The zero-order valence-electron chi connectivity index (χ0n) is 13.4. The second kappa shape index (κ2) is 6.93. The van der Waals surface area contributed by atoms with Gasteiger partial charge in [0, 0.05) is 18.0 Å². The molecular weight excluding hydrogens is 337 g/mol. The Morgan fingerprint density at radius 2 is 1.60 bits per heavy atom. The van der Waals surface area contributed by atoms with Crippen molar-refractivity contribution < 1.29 is 27.9 Å². The first-order chi connectivity index (χ1) is 11.8. The summed E-state index contributed by atoms with van der Waals surface area (Å²) in [6.07, 6.45) is 2.80. The molecule has 8 heteroatoms. The lowest BCUT2D eigenvalue weighted by Gasteiger charge is -2.26. The van der Waals surface area contributed by atoms with Gasteiger partial charge in [-0.25, -0.2) is 18.0 Å². The normalized spacial score (nSPS) is 28.3. The van der Waals surface area contributed by atoms with Gasteiger partial charge in [0.25, 0.3) is 0 Å². The maximum atomic E-state index is 13.3. The molecule has 136 valence electrons. The van der Waals surface area contributed by atoms with Crippen LogP contribution in [0.5, 0.6) is 0 Å². The molecule has 2 aliphatic carbocycles. The van der Waals surface area contributed by atoms with Gasteiger partial charge in [0.15, 0.2) is 17.5 Å². The number of carboxylic acids is 1. The number of carbonyl (C=O) groups is 2. The summed E-state index contributed by atoms with van der Waals surface area (Å²) in [6, 6.07) is 1.20. The number of rotatable bonds is 4. The third-order valence-electron chi connectivity index (χ3n) is 4.95. The Hall–Kier alpha value is -2.25. The van der Waals surface area contributed by atoms with E-state index < -0.39 is 23.4 Å². The van der Waals surface area contributed by atoms with E-state index in [9.17, 15) is 22.8 Å². The Bertz CT molecular complexity index is 667. The van der Waals surface area contributed by atoms with E-state index in [4.69, 9.17) is 5.11 Å². The second-order valence-electron chi connectivity index (χ2n) is 6.75. The smallest absolute Gasteiger partial charge is 0.315 e. The SMILES string of the molecule is O=C(NC1CCC(C(=O)O)CC1)N[C@@H]1C[C@H]1c1cc(F)c(F)c(F)c1. The Labute approximate surface area is 142 Å². The van der Waals surface area contributed by atoms with Crippen LogP contribution in [0.2, 0.25) is 0 Å². The zero-order chi connectivity index (χ0) is 18.1. The largest absolute Gasteiger partial charge is 0.481 e. The standard InChI is InChI=1S/C17H19F3N2O3/c18-12-5-9(6-13(19)15(12)20)11-7-14(11)22-17(25)21-10-3-1-8(2-4-10)16(23)24/h5-6,8,10-11,14H,1-4,7H2,(H,23,24)(H2,21,22,25)/t8?,10?,11-,14+/m0/s1. The van der Waals surface area contributed by atoms with Crippen molar-refractivity contribution in [1.82, 2.24) is 10.6 Å². The average Bonchev–Trinajstić information content (AvgIpc) is 3.31. The summed E-state index contributed by atoms with van der Waals surface area (Å²) >= 11 is 0. The molecule has 3 N–H and O–H groups in total. The van der Waals surface area contributed by atoms with Crippen molar-refractivity contribution in [3.63, 3.8) is 0 Å². The molecule has 5 nitrogen and oxygen atoms in total. The van der Waals surface area contributed by atoms with Gasteiger partial charge in [-0.15, -0.1) is 0 Å². The monoisotopic (exact) mass is 356 g/mol. The van der Waals surface area contributed by atoms with Crippen molar-refractivity contribution in [2.75, 3.05) is 0 Å². The van der Waals surface area contributed by atoms with Crippen molar-refractivity contribution in [3.8, 4) is 0 Å². The molecule has 0 heterocycles. The highest BCUT2D eigenvalue weighted by Gasteiger charge is 2.40. The molecule has 2 fully saturated rings. The quantitative estimate of drug-likeness (QED) is 0.726. The molecule has 0 bridgehead atoms. The Balaban J connectivity index is 1.47. The summed E-state index contributed by atoms with van der Waals surface area (Å²) in [7, 11) is 0. The number of halogens is 3. The van der Waals surface area contributed by atoms with Crippen LogP contribution in [0, 0.1) is 23.4 Å². The van der Waals surface area contributed by atoms with Crippen molar-refractivity contribution in [2.45, 2.75) is 50.1 Å². The molecule has 0 radical (unpaired) electrons. The van der Waals surface area contributed by atoms with Gasteiger partial charge in [-0.3, -0.25) is 4.79 Å². The van der Waals surface area contributed by atoms with E-state index in [1.165, 1.54) is 0 Å². The van der Waals surface area contributed by atoms with Gasteiger partial charge in [-0.05, 0) is 49.8 Å². The summed E-state index contributed by atoms with van der Waals surface area (Å²) in [4.78, 5) is 22.9. The molecule has 1 aromatic carbocycles. The number of urea groups is 1. The van der Waals surface area contributed by atoms with Crippen LogP contribution in [-0.4, -0.2) is 29.2 Å². The first kappa shape index (κ1) is 17.6. The van der Waals surface area contributed by atoms with E-state index in [2.05, 4.69) is 10.6 Å². The van der Waals surface area contributed by atoms with Crippen molar-refractivity contribution in [1.29, 1.82) is 0 Å². The molecule has 0 unspecified atom stereocenters. The van der Waals surface area contributed by atoms with Crippen molar-refractivity contribution in [3.05, 3.63) is 35.1 Å². The van der Waals surface area contributed by atoms with Crippen LogP contribution >= 0.6 is 0 Å². The first-order valence-electron chi connectivity index (χ1n) is 8.29. The van der Waals surface area contributed by atoms with Crippen LogP contribution in [-0.2, 0) is 4.79 Å². The fourth-order valence-electron chi connectivity index (χ4n) is 3.39. The predicted molar refractivity (Wildman–Crippen MR) is 82.5 cm³/mol. The van der Waals surface area contributed by atoms with Crippen LogP contribution in [0.1, 0.15) is 43.6 Å². The third kappa shape index (κ3) is 4.05. The van der Waals surface area contributed by atoms with Gasteiger partial charge < -0.3 is 15.7 Å². The second-order valence-corrected chi connectivity index (χ2v) is 6.75. The maximum absolute atomic E-state index is 13.3. The fraction of sp³-hybridized carbons (Fsp3) is 0.529. The van der Waals surface area contributed by atoms with Crippen molar-refractivity contribution >= 4 is 12.0 Å². The van der Waals surface area contributed by atoms with Crippen LogP contribution in [0.4, 0.5) is 18.0 Å². The van der Waals surface area contributed by atoms with E-state index in [-0.39, 0.29) is 30.0 Å². The highest BCUT2D eigenvalue weighted by atomic mass is 19.2. The minimum absolute atomic E-state index is 0.0755. The highest BCUT2D eigenvalue weighted by molar-refractivity contribution is 5.75. The maximum Gasteiger partial charge on any atom is 0.315 e. The van der Waals surface area contributed by atoms with Crippen LogP contribution in [0.25, 0.3) is 0 Å². The molecule has 3 rings (SSSR count). The molecule has 0 aromatic heterocycles. The van der Waals surface area contributed by atoms with E-state index >= 15 is 0 Å².